The zero-order valence-corrected chi connectivity index (χ0v) is 15.2. The van der Waals surface area contributed by atoms with Crippen LogP contribution in [-0.2, 0) is 16.6 Å². The molecule has 3 aromatic rings. The molecule has 3 heterocycles. The lowest BCUT2D eigenvalue weighted by Gasteiger charge is -2.06. The molecule has 0 atom stereocenters. The molecule has 0 aliphatic rings. The zero-order chi connectivity index (χ0) is 16.8. The van der Waals surface area contributed by atoms with Crippen molar-refractivity contribution in [2.24, 2.45) is 0 Å². The highest BCUT2D eigenvalue weighted by Gasteiger charge is 2.25. The van der Waals surface area contributed by atoms with Crippen molar-refractivity contribution in [2.45, 2.75) is 32.2 Å². The minimum Gasteiger partial charge on any atom is -0.301 e. The van der Waals surface area contributed by atoms with Crippen molar-refractivity contribution in [1.82, 2.24) is 24.1 Å². The molecule has 0 fully saturated rings. The quantitative estimate of drug-likeness (QED) is 0.726. The summed E-state index contributed by atoms with van der Waals surface area (Å²) < 4.78 is 31.8. The van der Waals surface area contributed by atoms with Crippen molar-refractivity contribution < 1.29 is 8.42 Å². The molecule has 3 aromatic heterocycles. The Balaban J connectivity index is 2.01. The number of aromatic nitrogens is 5. The zero-order valence-electron chi connectivity index (χ0n) is 12.8. The molecule has 0 aromatic carbocycles. The SMILES string of the molecule is CCn1nc(C)c(S(=O)(=O)Nc2cn3cc(Br)ncc3n2)c1C. The number of aryl methyl sites for hydroxylation is 2. The molecule has 0 amide bonds. The van der Waals surface area contributed by atoms with E-state index in [1.807, 2.05) is 6.92 Å². The van der Waals surface area contributed by atoms with Crippen molar-refractivity contribution in [2.75, 3.05) is 4.72 Å². The summed E-state index contributed by atoms with van der Waals surface area (Å²) in [5.41, 5.74) is 1.61. The number of anilines is 1. The third kappa shape index (κ3) is 2.83. The third-order valence-electron chi connectivity index (χ3n) is 3.43. The fraction of sp³-hybridized carbons (Fsp3) is 0.308. The van der Waals surface area contributed by atoms with E-state index in [2.05, 4.69) is 35.7 Å². The monoisotopic (exact) mass is 398 g/mol. The van der Waals surface area contributed by atoms with Gasteiger partial charge in [0, 0.05) is 12.7 Å². The molecule has 0 unspecified atom stereocenters. The largest absolute Gasteiger partial charge is 0.301 e. The van der Waals surface area contributed by atoms with Gasteiger partial charge in [-0.1, -0.05) is 0 Å². The molecular formula is C13H15BrN6O2S. The van der Waals surface area contributed by atoms with Gasteiger partial charge in [0.05, 0.1) is 23.8 Å². The summed E-state index contributed by atoms with van der Waals surface area (Å²) >= 11 is 3.26. The van der Waals surface area contributed by atoms with Crippen LogP contribution in [-0.4, -0.2) is 32.6 Å². The number of fused-ring (bicyclic) bond motifs is 1. The molecule has 0 radical (unpaired) electrons. The molecule has 1 N–H and O–H groups in total. The molecular weight excluding hydrogens is 384 g/mol. The van der Waals surface area contributed by atoms with E-state index in [1.165, 1.54) is 0 Å². The summed E-state index contributed by atoms with van der Waals surface area (Å²) in [4.78, 5) is 8.46. The molecule has 8 nitrogen and oxygen atoms in total. The highest BCUT2D eigenvalue weighted by Crippen LogP contribution is 2.22. The minimum atomic E-state index is -3.76. The number of hydrogen-bond acceptors (Lipinski definition) is 5. The van der Waals surface area contributed by atoms with Gasteiger partial charge in [-0.2, -0.15) is 5.10 Å². The second kappa shape index (κ2) is 5.60. The van der Waals surface area contributed by atoms with Crippen LogP contribution in [0.4, 0.5) is 5.82 Å². The average Bonchev–Trinajstić information content (AvgIpc) is 2.97. The summed E-state index contributed by atoms with van der Waals surface area (Å²) in [5.74, 6) is 0.230. The van der Waals surface area contributed by atoms with Gasteiger partial charge in [-0.3, -0.25) is 9.40 Å². The van der Waals surface area contributed by atoms with Gasteiger partial charge >= 0.3 is 0 Å². The van der Waals surface area contributed by atoms with Crippen molar-refractivity contribution in [3.63, 3.8) is 0 Å². The number of nitrogens with zero attached hydrogens (tertiary/aromatic N) is 5. The fourth-order valence-electron chi connectivity index (χ4n) is 2.49. The molecule has 122 valence electrons. The molecule has 0 aliphatic carbocycles. The number of imidazole rings is 1. The Kier molecular flexibility index (Phi) is 3.88. The lowest BCUT2D eigenvalue weighted by Crippen LogP contribution is -2.15. The Morgan fingerprint density at radius 3 is 2.70 bits per heavy atom. The van der Waals surface area contributed by atoms with Gasteiger partial charge in [0.25, 0.3) is 10.0 Å². The first-order valence-corrected chi connectivity index (χ1v) is 9.16. The molecule has 10 heteroatoms. The van der Waals surface area contributed by atoms with Crippen LogP contribution in [0, 0.1) is 13.8 Å². The smallest absolute Gasteiger partial charge is 0.266 e. The van der Waals surface area contributed by atoms with E-state index >= 15 is 0 Å². The minimum absolute atomic E-state index is 0.190. The maximum absolute atomic E-state index is 12.7. The second-order valence-electron chi connectivity index (χ2n) is 5.02. The van der Waals surface area contributed by atoms with Crippen molar-refractivity contribution in [3.05, 3.63) is 34.6 Å². The van der Waals surface area contributed by atoms with Gasteiger partial charge in [-0.25, -0.2) is 18.4 Å². The van der Waals surface area contributed by atoms with Crippen molar-refractivity contribution in [3.8, 4) is 0 Å². The molecule has 23 heavy (non-hydrogen) atoms. The van der Waals surface area contributed by atoms with Crippen LogP contribution in [0.2, 0.25) is 0 Å². The van der Waals surface area contributed by atoms with Gasteiger partial charge in [0.1, 0.15) is 9.50 Å². The summed E-state index contributed by atoms with van der Waals surface area (Å²) in [7, 11) is -3.76. The summed E-state index contributed by atoms with van der Waals surface area (Å²) in [6.45, 7) is 5.94. The van der Waals surface area contributed by atoms with Crippen molar-refractivity contribution in [1.29, 1.82) is 0 Å². The first-order valence-electron chi connectivity index (χ1n) is 6.89. The Morgan fingerprint density at radius 2 is 2.04 bits per heavy atom. The highest BCUT2D eigenvalue weighted by molar-refractivity contribution is 9.10. The summed E-state index contributed by atoms with van der Waals surface area (Å²) in [6, 6.07) is 0. The number of sulfonamides is 1. The van der Waals surface area contributed by atoms with E-state index < -0.39 is 10.0 Å². The van der Waals surface area contributed by atoms with Crippen LogP contribution in [0.3, 0.4) is 0 Å². The number of nitrogens with one attached hydrogen (secondary N) is 1. The lowest BCUT2D eigenvalue weighted by molar-refractivity contribution is 0.598. The first-order chi connectivity index (χ1) is 10.8. The molecule has 0 saturated carbocycles. The van der Waals surface area contributed by atoms with Crippen LogP contribution >= 0.6 is 15.9 Å². The van der Waals surface area contributed by atoms with E-state index in [0.717, 1.165) is 0 Å². The number of halogens is 1. The normalized spacial score (nSPS) is 12.0. The van der Waals surface area contributed by atoms with Crippen LogP contribution in [0.1, 0.15) is 18.3 Å². The van der Waals surface area contributed by atoms with Crippen molar-refractivity contribution >= 4 is 37.4 Å². The predicted molar refractivity (Wildman–Crippen MR) is 88.9 cm³/mol. The van der Waals surface area contributed by atoms with Gasteiger partial charge in [0.2, 0.25) is 0 Å². The van der Waals surface area contributed by atoms with Gasteiger partial charge in [-0.15, -0.1) is 0 Å². The average molecular weight is 399 g/mol. The Morgan fingerprint density at radius 1 is 1.30 bits per heavy atom. The molecule has 0 spiro atoms. The van der Waals surface area contributed by atoms with E-state index in [9.17, 15) is 8.42 Å². The van der Waals surface area contributed by atoms with E-state index in [0.29, 0.717) is 28.2 Å². The second-order valence-corrected chi connectivity index (χ2v) is 7.45. The lowest BCUT2D eigenvalue weighted by atomic mass is 10.4. The van der Waals surface area contributed by atoms with E-state index in [4.69, 9.17) is 0 Å². The predicted octanol–water partition coefficient (Wildman–Crippen LogP) is 2.13. The van der Waals surface area contributed by atoms with Gasteiger partial charge < -0.3 is 4.40 Å². The topological polar surface area (TPSA) is 94.2 Å². The van der Waals surface area contributed by atoms with Crippen LogP contribution in [0.5, 0.6) is 0 Å². The molecule has 3 rings (SSSR count). The molecule has 0 bridgehead atoms. The van der Waals surface area contributed by atoms with Gasteiger partial charge in [0.15, 0.2) is 11.5 Å². The van der Waals surface area contributed by atoms with Gasteiger partial charge in [-0.05, 0) is 36.7 Å². The summed E-state index contributed by atoms with van der Waals surface area (Å²) in [5, 5.41) is 4.25. The van der Waals surface area contributed by atoms with Crippen LogP contribution in [0.25, 0.3) is 5.65 Å². The third-order valence-corrected chi connectivity index (χ3v) is 5.45. The maximum atomic E-state index is 12.7. The van der Waals surface area contributed by atoms with E-state index in [-0.39, 0.29) is 10.7 Å². The Hall–Kier alpha value is -1.94. The molecule has 0 aliphatic heterocycles. The van der Waals surface area contributed by atoms with Crippen LogP contribution in [0.15, 0.2) is 28.1 Å². The maximum Gasteiger partial charge on any atom is 0.266 e. The molecule has 0 saturated heterocycles. The fourth-order valence-corrected chi connectivity index (χ4v) is 4.21. The Bertz CT molecular complexity index is 991. The standard InChI is InChI=1S/C13H15BrN6O2S/c1-4-20-9(3)13(8(2)17-20)23(21,22)18-11-7-19-6-10(14)15-5-12(19)16-11/h5-7,18H,4H2,1-3H3. The van der Waals surface area contributed by atoms with Crippen LogP contribution < -0.4 is 4.72 Å². The summed E-state index contributed by atoms with van der Waals surface area (Å²) in [6.07, 6.45) is 4.84. The number of rotatable bonds is 4. The highest BCUT2D eigenvalue weighted by atomic mass is 79.9. The number of hydrogen-bond donors (Lipinski definition) is 1. The Labute approximate surface area is 141 Å². The first kappa shape index (κ1) is 15.9. The van der Waals surface area contributed by atoms with E-state index in [1.54, 1.807) is 41.5 Å².